The fourth-order valence-corrected chi connectivity index (χ4v) is 3.04. The Morgan fingerprint density at radius 2 is 2.53 bits per heavy atom. The van der Waals surface area contributed by atoms with E-state index in [0.29, 0.717) is 6.54 Å². The summed E-state index contributed by atoms with van der Waals surface area (Å²) in [5.41, 5.74) is 3.08. The molecule has 2 aromatic rings. The molecule has 0 fully saturated rings. The standard InChI is InChI=1S/C13H16N4OS/c1-17(6-9-3-5-19-7-9)13(18)12-11-10(2-4-14-12)15-8-16-11/h3,5,7-8,12,14H,2,4,6H2,1H3,(H,15,16)/t12-/m0/s1. The molecule has 5 nitrogen and oxygen atoms in total. The van der Waals surface area contributed by atoms with Crippen molar-refractivity contribution < 1.29 is 4.79 Å². The Bertz CT molecular complexity index is 563. The summed E-state index contributed by atoms with van der Waals surface area (Å²) in [7, 11) is 1.84. The van der Waals surface area contributed by atoms with Gasteiger partial charge in [0.05, 0.1) is 12.0 Å². The average Bonchev–Trinajstić information content (AvgIpc) is 3.07. The summed E-state index contributed by atoms with van der Waals surface area (Å²) in [5.74, 6) is 0.0688. The lowest BCUT2D eigenvalue weighted by Gasteiger charge is -2.26. The first-order valence-corrected chi connectivity index (χ1v) is 7.21. The van der Waals surface area contributed by atoms with Crippen molar-refractivity contribution in [3.63, 3.8) is 0 Å². The summed E-state index contributed by atoms with van der Waals surface area (Å²) in [6.07, 6.45) is 2.56. The Kier molecular flexibility index (Phi) is 3.35. The molecule has 0 aromatic carbocycles. The molecule has 1 amide bonds. The molecule has 2 aromatic heterocycles. The monoisotopic (exact) mass is 276 g/mol. The van der Waals surface area contributed by atoms with Crippen LogP contribution in [0.2, 0.25) is 0 Å². The van der Waals surface area contributed by atoms with Crippen LogP contribution in [-0.2, 0) is 17.8 Å². The van der Waals surface area contributed by atoms with Crippen LogP contribution >= 0.6 is 11.3 Å². The first-order chi connectivity index (χ1) is 9.25. The van der Waals surface area contributed by atoms with Gasteiger partial charge in [-0.3, -0.25) is 4.79 Å². The minimum atomic E-state index is -0.321. The van der Waals surface area contributed by atoms with E-state index in [2.05, 4.69) is 20.7 Å². The maximum Gasteiger partial charge on any atom is 0.246 e. The number of amides is 1. The Balaban J connectivity index is 1.74. The second-order valence-corrected chi connectivity index (χ2v) is 5.51. The SMILES string of the molecule is CN(Cc1ccsc1)C(=O)[C@H]1NCCc2[nH]cnc21. The summed E-state index contributed by atoms with van der Waals surface area (Å²) in [6, 6.07) is 1.72. The predicted octanol–water partition coefficient (Wildman–Crippen LogP) is 1.32. The van der Waals surface area contributed by atoms with E-state index in [9.17, 15) is 4.79 Å². The van der Waals surface area contributed by atoms with Crippen LogP contribution in [0.3, 0.4) is 0 Å². The molecule has 0 spiro atoms. The lowest BCUT2D eigenvalue weighted by Crippen LogP contribution is -2.42. The van der Waals surface area contributed by atoms with Gasteiger partial charge in [-0.25, -0.2) is 4.98 Å². The highest BCUT2D eigenvalue weighted by molar-refractivity contribution is 7.07. The van der Waals surface area contributed by atoms with Gasteiger partial charge in [-0.1, -0.05) is 0 Å². The van der Waals surface area contributed by atoms with Crippen molar-refractivity contribution in [2.45, 2.75) is 19.0 Å². The number of nitrogens with zero attached hydrogens (tertiary/aromatic N) is 2. The van der Waals surface area contributed by atoms with Crippen LogP contribution in [0.1, 0.15) is 23.0 Å². The number of hydrogen-bond acceptors (Lipinski definition) is 4. The molecule has 3 rings (SSSR count). The maximum atomic E-state index is 12.5. The minimum Gasteiger partial charge on any atom is -0.348 e. The number of aromatic nitrogens is 2. The van der Waals surface area contributed by atoms with E-state index >= 15 is 0 Å². The average molecular weight is 276 g/mol. The molecule has 0 radical (unpaired) electrons. The Hall–Kier alpha value is -1.66. The third-order valence-corrected chi connectivity index (χ3v) is 4.10. The zero-order valence-corrected chi connectivity index (χ0v) is 11.5. The third kappa shape index (κ3) is 2.41. The van der Waals surface area contributed by atoms with E-state index in [1.54, 1.807) is 22.6 Å². The smallest absolute Gasteiger partial charge is 0.246 e. The molecule has 0 saturated carbocycles. The zero-order chi connectivity index (χ0) is 13.2. The third-order valence-electron chi connectivity index (χ3n) is 3.37. The quantitative estimate of drug-likeness (QED) is 0.888. The number of likely N-dealkylation sites (N-methyl/N-ethyl adjacent to an activating group) is 1. The number of rotatable bonds is 3. The molecule has 6 heteroatoms. The number of carbonyl (C=O) groups is 1. The number of fused-ring (bicyclic) bond motifs is 1. The fourth-order valence-electron chi connectivity index (χ4n) is 2.38. The van der Waals surface area contributed by atoms with Crippen molar-refractivity contribution >= 4 is 17.2 Å². The topological polar surface area (TPSA) is 61.0 Å². The van der Waals surface area contributed by atoms with Crippen LogP contribution < -0.4 is 5.32 Å². The molecule has 3 heterocycles. The molecule has 1 atom stereocenters. The highest BCUT2D eigenvalue weighted by Gasteiger charge is 2.30. The Labute approximate surface area is 115 Å². The lowest BCUT2D eigenvalue weighted by molar-refractivity contribution is -0.133. The number of thiophene rings is 1. The second-order valence-electron chi connectivity index (χ2n) is 4.73. The number of hydrogen-bond donors (Lipinski definition) is 2. The zero-order valence-electron chi connectivity index (χ0n) is 10.7. The molecular weight excluding hydrogens is 260 g/mol. The summed E-state index contributed by atoms with van der Waals surface area (Å²) < 4.78 is 0. The van der Waals surface area contributed by atoms with E-state index in [0.717, 1.165) is 24.4 Å². The van der Waals surface area contributed by atoms with Gasteiger partial charge in [0, 0.05) is 32.3 Å². The van der Waals surface area contributed by atoms with Gasteiger partial charge in [0.2, 0.25) is 5.91 Å². The summed E-state index contributed by atoms with van der Waals surface area (Å²) in [4.78, 5) is 21.6. The van der Waals surface area contributed by atoms with E-state index in [1.165, 1.54) is 5.56 Å². The van der Waals surface area contributed by atoms with Crippen molar-refractivity contribution in [1.82, 2.24) is 20.2 Å². The van der Waals surface area contributed by atoms with Crippen molar-refractivity contribution in [3.05, 3.63) is 40.1 Å². The molecule has 2 N–H and O–H groups in total. The van der Waals surface area contributed by atoms with Gasteiger partial charge in [0.1, 0.15) is 6.04 Å². The first-order valence-electron chi connectivity index (χ1n) is 6.27. The van der Waals surface area contributed by atoms with Crippen LogP contribution in [-0.4, -0.2) is 34.4 Å². The molecule has 1 aliphatic rings. The molecule has 19 heavy (non-hydrogen) atoms. The first kappa shape index (κ1) is 12.4. The predicted molar refractivity (Wildman–Crippen MR) is 73.8 cm³/mol. The van der Waals surface area contributed by atoms with Crippen molar-refractivity contribution in [3.8, 4) is 0 Å². The van der Waals surface area contributed by atoms with E-state index < -0.39 is 0 Å². The summed E-state index contributed by atoms with van der Waals surface area (Å²) in [6.45, 7) is 1.44. The number of carbonyl (C=O) groups excluding carboxylic acids is 1. The van der Waals surface area contributed by atoms with Gasteiger partial charge in [-0.15, -0.1) is 0 Å². The largest absolute Gasteiger partial charge is 0.348 e. The van der Waals surface area contributed by atoms with Crippen molar-refractivity contribution in [2.24, 2.45) is 0 Å². The van der Waals surface area contributed by atoms with Gasteiger partial charge in [-0.05, 0) is 22.4 Å². The summed E-state index contributed by atoms with van der Waals surface area (Å²) >= 11 is 1.65. The lowest BCUT2D eigenvalue weighted by atomic mass is 10.0. The molecule has 0 unspecified atom stereocenters. The van der Waals surface area contributed by atoms with Gasteiger partial charge in [-0.2, -0.15) is 11.3 Å². The van der Waals surface area contributed by atoms with Gasteiger partial charge in [0.15, 0.2) is 0 Å². The van der Waals surface area contributed by atoms with Crippen molar-refractivity contribution in [1.29, 1.82) is 0 Å². The van der Waals surface area contributed by atoms with Crippen LogP contribution in [0.5, 0.6) is 0 Å². The number of imidazole rings is 1. The van der Waals surface area contributed by atoms with E-state index in [1.807, 2.05) is 18.5 Å². The van der Waals surface area contributed by atoms with Crippen LogP contribution in [0.15, 0.2) is 23.2 Å². The molecule has 0 bridgehead atoms. The normalized spacial score (nSPS) is 18.1. The fraction of sp³-hybridized carbons (Fsp3) is 0.385. The Morgan fingerprint density at radius 1 is 1.63 bits per heavy atom. The molecular formula is C13H16N4OS. The highest BCUT2D eigenvalue weighted by atomic mass is 32.1. The van der Waals surface area contributed by atoms with Gasteiger partial charge >= 0.3 is 0 Å². The van der Waals surface area contributed by atoms with E-state index in [4.69, 9.17) is 0 Å². The maximum absolute atomic E-state index is 12.5. The van der Waals surface area contributed by atoms with Crippen molar-refractivity contribution in [2.75, 3.05) is 13.6 Å². The molecule has 0 saturated heterocycles. The molecule has 100 valence electrons. The number of nitrogens with one attached hydrogen (secondary N) is 2. The molecule has 0 aliphatic carbocycles. The van der Waals surface area contributed by atoms with Gasteiger partial charge < -0.3 is 15.2 Å². The second kappa shape index (κ2) is 5.14. The van der Waals surface area contributed by atoms with Crippen LogP contribution in [0.4, 0.5) is 0 Å². The van der Waals surface area contributed by atoms with Crippen LogP contribution in [0, 0.1) is 0 Å². The number of aromatic amines is 1. The van der Waals surface area contributed by atoms with E-state index in [-0.39, 0.29) is 11.9 Å². The number of H-pyrrole nitrogens is 1. The molecule has 1 aliphatic heterocycles. The minimum absolute atomic E-state index is 0.0688. The van der Waals surface area contributed by atoms with Crippen LogP contribution in [0.25, 0.3) is 0 Å². The summed E-state index contributed by atoms with van der Waals surface area (Å²) in [5, 5.41) is 7.34. The Morgan fingerprint density at radius 3 is 3.32 bits per heavy atom. The van der Waals surface area contributed by atoms with Gasteiger partial charge in [0.25, 0.3) is 0 Å². The highest BCUT2D eigenvalue weighted by Crippen LogP contribution is 2.21.